The van der Waals surface area contributed by atoms with Crippen LogP contribution in [0.1, 0.15) is 5.56 Å². The molecule has 2 amide bonds. The van der Waals surface area contributed by atoms with E-state index < -0.39 is 6.03 Å². The minimum Gasteiger partial charge on any atom is -0.482 e. The highest BCUT2D eigenvalue weighted by Gasteiger charge is 2.13. The molecule has 23 heavy (non-hydrogen) atoms. The van der Waals surface area contributed by atoms with Crippen LogP contribution in [0.25, 0.3) is 5.65 Å². The van der Waals surface area contributed by atoms with Crippen molar-refractivity contribution in [2.75, 3.05) is 17.7 Å². The molecule has 0 spiro atoms. The van der Waals surface area contributed by atoms with Gasteiger partial charge in [0.15, 0.2) is 5.65 Å². The largest absolute Gasteiger partial charge is 0.482 e. The van der Waals surface area contributed by atoms with E-state index in [9.17, 15) is 4.79 Å². The quantitative estimate of drug-likeness (QED) is 0.771. The summed E-state index contributed by atoms with van der Waals surface area (Å²) in [6.45, 7) is 1.83. The van der Waals surface area contributed by atoms with Crippen LogP contribution in [0, 0.1) is 6.92 Å². The molecule has 0 aliphatic heterocycles. The standard InChI is InChI=1S/C15H14ClN5O2/c1-9-10(16)5-3-6-11(9)17-15(22)18-14-20-19-12-7-4-8-13(23-2)21(12)14/h3-8H,1-2H3,(H2,17,18,20,22). The average molecular weight is 332 g/mol. The average Bonchev–Trinajstić information content (AvgIpc) is 2.95. The second-order valence-corrected chi connectivity index (χ2v) is 5.18. The Bertz CT molecular complexity index is 877. The lowest BCUT2D eigenvalue weighted by atomic mass is 10.2. The van der Waals surface area contributed by atoms with Crippen molar-refractivity contribution in [3.8, 4) is 5.88 Å². The Morgan fingerprint density at radius 1 is 1.17 bits per heavy atom. The number of hydrogen-bond acceptors (Lipinski definition) is 4. The number of aromatic nitrogens is 3. The maximum atomic E-state index is 12.2. The van der Waals surface area contributed by atoms with Crippen LogP contribution in [0.2, 0.25) is 5.02 Å². The number of hydrogen-bond donors (Lipinski definition) is 2. The zero-order valence-electron chi connectivity index (χ0n) is 12.5. The number of halogens is 1. The molecular weight excluding hydrogens is 318 g/mol. The summed E-state index contributed by atoms with van der Waals surface area (Å²) < 4.78 is 6.86. The lowest BCUT2D eigenvalue weighted by Crippen LogP contribution is -2.21. The lowest BCUT2D eigenvalue weighted by Gasteiger charge is -2.10. The number of carbonyl (C=O) groups excluding carboxylic acids is 1. The third kappa shape index (κ3) is 2.91. The van der Waals surface area contributed by atoms with Gasteiger partial charge in [0.05, 0.1) is 7.11 Å². The molecule has 0 atom stereocenters. The normalized spacial score (nSPS) is 10.6. The Kier molecular flexibility index (Phi) is 4.03. The van der Waals surface area contributed by atoms with E-state index in [1.165, 1.54) is 7.11 Å². The van der Waals surface area contributed by atoms with E-state index in [-0.39, 0.29) is 5.95 Å². The van der Waals surface area contributed by atoms with E-state index in [0.717, 1.165) is 5.56 Å². The van der Waals surface area contributed by atoms with Crippen LogP contribution in [-0.4, -0.2) is 27.7 Å². The number of nitrogens with zero attached hydrogens (tertiary/aromatic N) is 3. The Hall–Kier alpha value is -2.80. The van der Waals surface area contributed by atoms with E-state index in [1.807, 2.05) is 6.92 Å². The molecule has 0 aliphatic rings. The Morgan fingerprint density at radius 2 is 1.96 bits per heavy atom. The second-order valence-electron chi connectivity index (χ2n) is 4.78. The summed E-state index contributed by atoms with van der Waals surface area (Å²) in [5.41, 5.74) is 1.97. The maximum absolute atomic E-state index is 12.2. The molecule has 0 aliphatic carbocycles. The van der Waals surface area contributed by atoms with Crippen molar-refractivity contribution in [1.82, 2.24) is 14.6 Å². The Morgan fingerprint density at radius 3 is 2.74 bits per heavy atom. The van der Waals surface area contributed by atoms with Gasteiger partial charge >= 0.3 is 6.03 Å². The Balaban J connectivity index is 1.85. The van der Waals surface area contributed by atoms with E-state index in [0.29, 0.717) is 22.2 Å². The minimum atomic E-state index is -0.449. The molecule has 0 fully saturated rings. The molecule has 118 valence electrons. The first-order valence-electron chi connectivity index (χ1n) is 6.81. The highest BCUT2D eigenvalue weighted by Crippen LogP contribution is 2.23. The third-order valence-electron chi connectivity index (χ3n) is 3.34. The molecule has 0 unspecified atom stereocenters. The SMILES string of the molecule is COc1cccc2nnc(NC(=O)Nc3cccc(Cl)c3C)n12. The number of anilines is 2. The van der Waals surface area contributed by atoms with Gasteiger partial charge in [-0.2, -0.15) is 0 Å². The lowest BCUT2D eigenvalue weighted by molar-refractivity contribution is 0.262. The molecule has 3 aromatic rings. The first-order chi connectivity index (χ1) is 11.1. The summed E-state index contributed by atoms with van der Waals surface area (Å²) in [7, 11) is 1.54. The monoisotopic (exact) mass is 331 g/mol. The summed E-state index contributed by atoms with van der Waals surface area (Å²) in [5.74, 6) is 0.774. The smallest absolute Gasteiger partial charge is 0.326 e. The van der Waals surface area contributed by atoms with Gasteiger partial charge in [-0.1, -0.05) is 23.7 Å². The number of fused-ring (bicyclic) bond motifs is 1. The van der Waals surface area contributed by atoms with Crippen LogP contribution >= 0.6 is 11.6 Å². The summed E-state index contributed by atoms with van der Waals surface area (Å²) in [6.07, 6.45) is 0. The van der Waals surface area contributed by atoms with Gasteiger partial charge in [-0.15, -0.1) is 10.2 Å². The topological polar surface area (TPSA) is 80.6 Å². The van der Waals surface area contributed by atoms with E-state index in [4.69, 9.17) is 16.3 Å². The van der Waals surface area contributed by atoms with Crippen LogP contribution in [0.5, 0.6) is 5.88 Å². The number of nitrogens with one attached hydrogen (secondary N) is 2. The van der Waals surface area contributed by atoms with Gasteiger partial charge < -0.3 is 10.1 Å². The highest BCUT2D eigenvalue weighted by atomic mass is 35.5. The molecule has 0 saturated heterocycles. The number of rotatable bonds is 3. The first-order valence-corrected chi connectivity index (χ1v) is 7.19. The van der Waals surface area contributed by atoms with Crippen molar-refractivity contribution in [2.24, 2.45) is 0 Å². The van der Waals surface area contributed by atoms with E-state index in [2.05, 4.69) is 20.8 Å². The van der Waals surface area contributed by atoms with Crippen molar-refractivity contribution >= 4 is 34.9 Å². The molecule has 1 aromatic carbocycles. The van der Waals surface area contributed by atoms with E-state index >= 15 is 0 Å². The molecule has 2 heterocycles. The van der Waals surface area contributed by atoms with Gasteiger partial charge in [0, 0.05) is 10.7 Å². The van der Waals surface area contributed by atoms with Crippen molar-refractivity contribution in [3.05, 3.63) is 47.0 Å². The molecule has 2 N–H and O–H groups in total. The van der Waals surface area contributed by atoms with Gasteiger partial charge in [-0.25, -0.2) is 9.20 Å². The zero-order chi connectivity index (χ0) is 16.4. The van der Waals surface area contributed by atoms with Crippen LogP contribution in [-0.2, 0) is 0 Å². The van der Waals surface area contributed by atoms with Gasteiger partial charge in [0.1, 0.15) is 0 Å². The van der Waals surface area contributed by atoms with Crippen LogP contribution in [0.15, 0.2) is 36.4 Å². The fraction of sp³-hybridized carbons (Fsp3) is 0.133. The van der Waals surface area contributed by atoms with E-state index in [1.54, 1.807) is 40.8 Å². The fourth-order valence-corrected chi connectivity index (χ4v) is 2.33. The summed E-state index contributed by atoms with van der Waals surface area (Å²) >= 11 is 6.04. The fourth-order valence-electron chi connectivity index (χ4n) is 2.15. The number of amides is 2. The van der Waals surface area contributed by atoms with Crippen LogP contribution in [0.4, 0.5) is 16.4 Å². The number of carbonyl (C=O) groups is 1. The van der Waals surface area contributed by atoms with Crippen molar-refractivity contribution < 1.29 is 9.53 Å². The van der Waals surface area contributed by atoms with Gasteiger partial charge in [0.25, 0.3) is 0 Å². The molecule has 7 nitrogen and oxygen atoms in total. The molecule has 8 heteroatoms. The molecule has 0 radical (unpaired) electrons. The highest BCUT2D eigenvalue weighted by molar-refractivity contribution is 6.31. The Labute approximate surface area is 137 Å². The summed E-state index contributed by atoms with van der Waals surface area (Å²) in [6, 6.07) is 10.2. The zero-order valence-corrected chi connectivity index (χ0v) is 13.3. The minimum absolute atomic E-state index is 0.259. The van der Waals surface area contributed by atoms with Crippen LogP contribution < -0.4 is 15.4 Å². The summed E-state index contributed by atoms with van der Waals surface area (Å²) in [4.78, 5) is 12.2. The molecule has 3 rings (SSSR count). The predicted molar refractivity (Wildman–Crippen MR) is 88.4 cm³/mol. The van der Waals surface area contributed by atoms with Crippen molar-refractivity contribution in [3.63, 3.8) is 0 Å². The number of ether oxygens (including phenoxy) is 1. The third-order valence-corrected chi connectivity index (χ3v) is 3.75. The predicted octanol–water partition coefficient (Wildman–Crippen LogP) is 3.34. The number of methoxy groups -OCH3 is 1. The molecule has 0 bridgehead atoms. The number of urea groups is 1. The van der Waals surface area contributed by atoms with Crippen molar-refractivity contribution in [2.45, 2.75) is 6.92 Å². The summed E-state index contributed by atoms with van der Waals surface area (Å²) in [5, 5.41) is 13.9. The molecular formula is C15H14ClN5O2. The van der Waals surface area contributed by atoms with Gasteiger partial charge in [-0.05, 0) is 36.8 Å². The second kappa shape index (κ2) is 6.13. The number of benzene rings is 1. The maximum Gasteiger partial charge on any atom is 0.326 e. The number of pyridine rings is 1. The van der Waals surface area contributed by atoms with Crippen molar-refractivity contribution in [1.29, 1.82) is 0 Å². The first kappa shape index (κ1) is 15.1. The molecule has 0 saturated carbocycles. The van der Waals surface area contributed by atoms with Gasteiger partial charge in [0.2, 0.25) is 11.8 Å². The van der Waals surface area contributed by atoms with Gasteiger partial charge in [-0.3, -0.25) is 5.32 Å². The van der Waals surface area contributed by atoms with Crippen LogP contribution in [0.3, 0.4) is 0 Å². The molecule has 2 aromatic heterocycles.